The maximum Gasteiger partial charge on any atom is 0.119 e. The summed E-state index contributed by atoms with van der Waals surface area (Å²) in [6.45, 7) is 10.5. The summed E-state index contributed by atoms with van der Waals surface area (Å²) < 4.78 is 5.34. The number of aliphatic hydroxyl groups excluding tert-OH is 1. The third-order valence-electron chi connectivity index (χ3n) is 6.46. The Kier molecular flexibility index (Phi) is 7.53. The van der Waals surface area contributed by atoms with E-state index in [1.54, 1.807) is 7.11 Å². The summed E-state index contributed by atoms with van der Waals surface area (Å²) in [4.78, 5) is 7.77. The van der Waals surface area contributed by atoms with Crippen molar-refractivity contribution in [3.05, 3.63) is 29.3 Å². The zero-order valence-corrected chi connectivity index (χ0v) is 17.4. The van der Waals surface area contributed by atoms with Gasteiger partial charge in [0.15, 0.2) is 0 Å². The second-order valence-electron chi connectivity index (χ2n) is 8.35. The summed E-state index contributed by atoms with van der Waals surface area (Å²) in [6, 6.07) is 7.10. The number of rotatable bonds is 7. The van der Waals surface area contributed by atoms with Gasteiger partial charge < -0.3 is 14.7 Å². The van der Waals surface area contributed by atoms with Crippen LogP contribution in [-0.4, -0.2) is 85.9 Å². The van der Waals surface area contributed by atoms with Gasteiger partial charge in [-0.15, -0.1) is 0 Å². The first-order chi connectivity index (χ1) is 13.1. The number of methoxy groups -OCH3 is 1. The van der Waals surface area contributed by atoms with Crippen LogP contribution in [0.5, 0.6) is 5.75 Å². The summed E-state index contributed by atoms with van der Waals surface area (Å²) in [5.41, 5.74) is 2.71. The molecule has 0 spiro atoms. The number of piperazine rings is 1. The number of piperidine rings is 1. The molecule has 2 atom stereocenters. The van der Waals surface area contributed by atoms with E-state index in [1.807, 2.05) is 0 Å². The monoisotopic (exact) mass is 375 g/mol. The Bertz CT molecular complexity index is 587. The molecule has 2 heterocycles. The standard InChI is InChI=1S/C22H37N3O2/c1-18-15-21(27-3)7-6-19(18)16-24-9-8-22(20(17-24)5-4-14-26)25-12-10-23(2)11-13-25/h6-7,15,20,22,26H,4-5,8-14,16-17H2,1-3H3/t20-,22+/m0/s1. The first-order valence-corrected chi connectivity index (χ1v) is 10.5. The Balaban J connectivity index is 1.63. The van der Waals surface area contributed by atoms with Crippen LogP contribution >= 0.6 is 0 Å². The van der Waals surface area contributed by atoms with Crippen molar-refractivity contribution < 1.29 is 9.84 Å². The van der Waals surface area contributed by atoms with E-state index in [-0.39, 0.29) is 0 Å². The molecule has 0 amide bonds. The van der Waals surface area contributed by atoms with Gasteiger partial charge in [-0.05, 0) is 69.0 Å². The summed E-state index contributed by atoms with van der Waals surface area (Å²) in [5.74, 6) is 1.60. The van der Waals surface area contributed by atoms with Gasteiger partial charge in [-0.2, -0.15) is 0 Å². The Hall–Kier alpha value is -1.14. The van der Waals surface area contributed by atoms with Gasteiger partial charge in [-0.25, -0.2) is 0 Å². The number of aliphatic hydroxyl groups is 1. The van der Waals surface area contributed by atoms with Gasteiger partial charge in [0.1, 0.15) is 5.75 Å². The number of hydrogen-bond donors (Lipinski definition) is 1. The SMILES string of the molecule is COc1ccc(CN2CC[C@@H](N3CCN(C)CC3)[C@@H](CCCO)C2)c(C)c1. The molecule has 2 fully saturated rings. The van der Waals surface area contributed by atoms with Crippen LogP contribution in [0.3, 0.4) is 0 Å². The Morgan fingerprint density at radius 3 is 2.59 bits per heavy atom. The Morgan fingerprint density at radius 1 is 1.15 bits per heavy atom. The van der Waals surface area contributed by atoms with Crippen LogP contribution < -0.4 is 4.74 Å². The molecule has 1 N–H and O–H groups in total. The van der Waals surface area contributed by atoms with Crippen LogP contribution in [0.1, 0.15) is 30.4 Å². The van der Waals surface area contributed by atoms with Crippen LogP contribution in [-0.2, 0) is 6.54 Å². The van der Waals surface area contributed by atoms with Crippen molar-refractivity contribution >= 4 is 0 Å². The van der Waals surface area contributed by atoms with E-state index < -0.39 is 0 Å². The lowest BCUT2D eigenvalue weighted by atomic mass is 9.86. The van der Waals surface area contributed by atoms with Gasteiger partial charge in [-0.3, -0.25) is 9.80 Å². The van der Waals surface area contributed by atoms with E-state index in [9.17, 15) is 5.11 Å². The predicted molar refractivity (Wildman–Crippen MR) is 110 cm³/mol. The highest BCUT2D eigenvalue weighted by Gasteiger charge is 2.34. The smallest absolute Gasteiger partial charge is 0.119 e. The quantitative estimate of drug-likeness (QED) is 0.791. The lowest BCUT2D eigenvalue weighted by molar-refractivity contribution is 0.0211. The molecule has 0 aliphatic carbocycles. The van der Waals surface area contributed by atoms with Crippen LogP contribution in [0, 0.1) is 12.8 Å². The van der Waals surface area contributed by atoms with Crippen molar-refractivity contribution in [1.29, 1.82) is 0 Å². The third-order valence-corrected chi connectivity index (χ3v) is 6.46. The summed E-state index contributed by atoms with van der Waals surface area (Å²) in [6.07, 6.45) is 3.30. The highest BCUT2D eigenvalue weighted by atomic mass is 16.5. The van der Waals surface area contributed by atoms with E-state index in [4.69, 9.17) is 4.74 Å². The molecule has 0 aromatic heterocycles. The Morgan fingerprint density at radius 2 is 1.93 bits per heavy atom. The fourth-order valence-electron chi connectivity index (χ4n) is 4.72. The van der Waals surface area contributed by atoms with E-state index in [1.165, 1.54) is 43.7 Å². The van der Waals surface area contributed by atoms with Crippen molar-refractivity contribution in [2.75, 3.05) is 60.0 Å². The van der Waals surface area contributed by atoms with Crippen LogP contribution in [0.25, 0.3) is 0 Å². The van der Waals surface area contributed by atoms with Crippen LogP contribution in [0.15, 0.2) is 18.2 Å². The summed E-state index contributed by atoms with van der Waals surface area (Å²) in [7, 11) is 3.95. The zero-order valence-electron chi connectivity index (χ0n) is 17.4. The molecule has 5 heteroatoms. The average molecular weight is 376 g/mol. The third kappa shape index (κ3) is 5.44. The number of hydrogen-bond acceptors (Lipinski definition) is 5. The molecule has 2 aliphatic rings. The number of likely N-dealkylation sites (tertiary alicyclic amines) is 1. The highest BCUT2D eigenvalue weighted by molar-refractivity contribution is 5.34. The number of benzene rings is 1. The minimum absolute atomic E-state index is 0.309. The first kappa shape index (κ1) is 20.6. The van der Waals surface area contributed by atoms with E-state index in [0.717, 1.165) is 38.2 Å². The lowest BCUT2D eigenvalue weighted by Crippen LogP contribution is -2.56. The zero-order chi connectivity index (χ0) is 19.2. The summed E-state index contributed by atoms with van der Waals surface area (Å²) in [5, 5.41) is 9.37. The van der Waals surface area contributed by atoms with E-state index in [2.05, 4.69) is 46.9 Å². The molecular formula is C22H37N3O2. The maximum absolute atomic E-state index is 9.37. The molecule has 5 nitrogen and oxygen atoms in total. The number of likely N-dealkylation sites (N-methyl/N-ethyl adjacent to an activating group) is 1. The molecule has 152 valence electrons. The second-order valence-corrected chi connectivity index (χ2v) is 8.35. The van der Waals surface area contributed by atoms with Crippen molar-refractivity contribution in [1.82, 2.24) is 14.7 Å². The molecule has 2 saturated heterocycles. The molecule has 1 aromatic carbocycles. The molecule has 1 aromatic rings. The summed E-state index contributed by atoms with van der Waals surface area (Å²) >= 11 is 0. The van der Waals surface area contributed by atoms with Gasteiger partial charge in [-0.1, -0.05) is 6.07 Å². The second kappa shape index (κ2) is 9.87. The molecule has 0 radical (unpaired) electrons. The largest absolute Gasteiger partial charge is 0.497 e. The first-order valence-electron chi connectivity index (χ1n) is 10.5. The topological polar surface area (TPSA) is 39.2 Å². The van der Waals surface area contributed by atoms with E-state index >= 15 is 0 Å². The Labute approximate surface area is 164 Å². The maximum atomic E-state index is 9.37. The normalized spacial score (nSPS) is 25.6. The van der Waals surface area contributed by atoms with E-state index in [0.29, 0.717) is 18.6 Å². The molecule has 27 heavy (non-hydrogen) atoms. The van der Waals surface area contributed by atoms with Crippen LogP contribution in [0.2, 0.25) is 0 Å². The number of ether oxygens (including phenoxy) is 1. The highest BCUT2D eigenvalue weighted by Crippen LogP contribution is 2.29. The van der Waals surface area contributed by atoms with Crippen molar-refractivity contribution in [2.24, 2.45) is 5.92 Å². The fraction of sp³-hybridized carbons (Fsp3) is 0.727. The lowest BCUT2D eigenvalue weighted by Gasteiger charge is -2.46. The van der Waals surface area contributed by atoms with Crippen molar-refractivity contribution in [3.63, 3.8) is 0 Å². The molecule has 0 saturated carbocycles. The molecule has 2 aliphatic heterocycles. The minimum atomic E-state index is 0.309. The van der Waals surface area contributed by atoms with Gasteiger partial charge in [0.05, 0.1) is 7.11 Å². The van der Waals surface area contributed by atoms with Crippen LogP contribution in [0.4, 0.5) is 0 Å². The van der Waals surface area contributed by atoms with Gasteiger partial charge in [0, 0.05) is 51.9 Å². The molecular weight excluding hydrogens is 338 g/mol. The van der Waals surface area contributed by atoms with Crippen molar-refractivity contribution in [2.45, 2.75) is 38.8 Å². The van der Waals surface area contributed by atoms with Crippen molar-refractivity contribution in [3.8, 4) is 5.75 Å². The molecule has 0 bridgehead atoms. The fourth-order valence-corrected chi connectivity index (χ4v) is 4.72. The number of aryl methyl sites for hydroxylation is 1. The predicted octanol–water partition coefficient (Wildman–Crippen LogP) is 2.21. The van der Waals surface area contributed by atoms with Gasteiger partial charge in [0.25, 0.3) is 0 Å². The van der Waals surface area contributed by atoms with Gasteiger partial charge in [0.2, 0.25) is 0 Å². The number of nitrogens with zero attached hydrogens (tertiary/aromatic N) is 3. The average Bonchev–Trinajstić information content (AvgIpc) is 2.69. The molecule has 3 rings (SSSR count). The van der Waals surface area contributed by atoms with Gasteiger partial charge >= 0.3 is 0 Å². The molecule has 0 unspecified atom stereocenters. The minimum Gasteiger partial charge on any atom is -0.497 e.